The van der Waals surface area contributed by atoms with Gasteiger partial charge in [-0.15, -0.1) is 0 Å². The van der Waals surface area contributed by atoms with Crippen LogP contribution in [-0.2, 0) is 5.41 Å². The van der Waals surface area contributed by atoms with Crippen LogP contribution in [0.2, 0.25) is 0 Å². The molecule has 0 spiro atoms. The van der Waals surface area contributed by atoms with Crippen molar-refractivity contribution in [1.29, 1.82) is 0 Å². The third-order valence-electron chi connectivity index (χ3n) is 13.1. The van der Waals surface area contributed by atoms with Gasteiger partial charge in [-0.05, 0) is 128 Å². The zero-order valence-electron chi connectivity index (χ0n) is 33.1. The van der Waals surface area contributed by atoms with Crippen molar-refractivity contribution in [1.82, 2.24) is 4.57 Å². The van der Waals surface area contributed by atoms with E-state index in [1.54, 1.807) is 5.57 Å². The summed E-state index contributed by atoms with van der Waals surface area (Å²) < 4.78 is 2.37. The van der Waals surface area contributed by atoms with Gasteiger partial charge in [0, 0.05) is 22.4 Å². The lowest BCUT2D eigenvalue weighted by molar-refractivity contribution is 0.661. The van der Waals surface area contributed by atoms with Crippen LogP contribution in [-0.4, -0.2) is 4.57 Å². The number of para-hydroxylation sites is 2. The maximum Gasteiger partial charge on any atom is 0.0540 e. The predicted octanol–water partition coefficient (Wildman–Crippen LogP) is 15.2. The number of nitrogens with zero attached hydrogens (tertiary/aromatic N) is 1. The monoisotopic (exact) mass is 743 g/mol. The van der Waals surface area contributed by atoms with E-state index >= 15 is 0 Å². The summed E-state index contributed by atoms with van der Waals surface area (Å²) in [5, 5.41) is 1.24. The molecular formula is C57H45N. The number of allylic oxidation sites excluding steroid dienone is 6. The molecule has 278 valence electrons. The minimum absolute atomic E-state index is 0.122. The highest BCUT2D eigenvalue weighted by atomic mass is 15.0. The molecule has 11 rings (SSSR count). The quantitative estimate of drug-likeness (QED) is 0.160. The minimum atomic E-state index is -0.122. The number of aromatic nitrogens is 1. The molecule has 1 atom stereocenters. The van der Waals surface area contributed by atoms with Crippen LogP contribution in [0.4, 0.5) is 0 Å². The third-order valence-corrected chi connectivity index (χ3v) is 13.1. The molecule has 3 aliphatic carbocycles. The normalized spacial score (nSPS) is 16.5. The smallest absolute Gasteiger partial charge is 0.0540 e. The Morgan fingerprint density at radius 2 is 1.10 bits per heavy atom. The predicted molar refractivity (Wildman–Crippen MR) is 244 cm³/mol. The van der Waals surface area contributed by atoms with Crippen molar-refractivity contribution < 1.29 is 0 Å². The van der Waals surface area contributed by atoms with E-state index in [0.717, 1.165) is 19.3 Å². The van der Waals surface area contributed by atoms with Gasteiger partial charge < -0.3 is 4.57 Å². The molecule has 1 heteroatoms. The molecule has 0 N–H and O–H groups in total. The first-order valence-electron chi connectivity index (χ1n) is 20.8. The Balaban J connectivity index is 0.879. The van der Waals surface area contributed by atoms with Gasteiger partial charge in [0.2, 0.25) is 0 Å². The van der Waals surface area contributed by atoms with Crippen LogP contribution in [0.3, 0.4) is 0 Å². The fraction of sp³-hybridized carbons (Fsp3) is 0.123. The average molecular weight is 744 g/mol. The van der Waals surface area contributed by atoms with Gasteiger partial charge in [-0.2, -0.15) is 0 Å². The lowest BCUT2D eigenvalue weighted by atomic mass is 9.72. The van der Waals surface area contributed by atoms with Gasteiger partial charge in [0.25, 0.3) is 0 Å². The molecule has 0 fully saturated rings. The standard InChI is InChI=1S/C57H45N/c1-57(2)52-35-44(38-21-25-41(26-22-38)49-32-29-40-13-9-11-19-48(40)56(49)43-14-5-3-6-15-43)30-33-50(52)51-34-31-45(36-53(51)57)39-23-27-42(28-24-39)55-37-46-16-10-12-20-54(46)58(55)47-17-7-4-8-18-47/h3-10,12-18,20-28,30-37,56H,11,19,29H2,1-2H3. The van der Waals surface area contributed by atoms with Crippen molar-refractivity contribution in [2.75, 3.05) is 0 Å². The number of benzene rings is 7. The van der Waals surface area contributed by atoms with Crippen molar-refractivity contribution in [2.45, 2.75) is 44.4 Å². The SMILES string of the molecule is CC1(C)c2cc(-c3ccc(C4=CCC5=C(CCC=C5)C4c4ccccc4)cc3)ccc2-c2ccc(-c3ccc(-c4cc5ccccc5n4-c4ccccc4)cc3)cc21. The van der Waals surface area contributed by atoms with Crippen LogP contribution in [0.15, 0.2) is 205 Å². The Morgan fingerprint density at radius 1 is 0.534 bits per heavy atom. The van der Waals surface area contributed by atoms with E-state index in [9.17, 15) is 0 Å². The first kappa shape index (κ1) is 34.5. The molecule has 0 saturated carbocycles. The number of hydrogen-bond acceptors (Lipinski definition) is 0. The Labute approximate surface area is 342 Å². The molecule has 0 bridgehead atoms. The van der Waals surface area contributed by atoms with Crippen LogP contribution >= 0.6 is 0 Å². The van der Waals surface area contributed by atoms with Gasteiger partial charge in [-0.3, -0.25) is 0 Å². The molecule has 1 aromatic heterocycles. The number of hydrogen-bond donors (Lipinski definition) is 0. The molecule has 0 amide bonds. The Morgan fingerprint density at radius 3 is 1.78 bits per heavy atom. The molecule has 7 aromatic carbocycles. The highest BCUT2D eigenvalue weighted by molar-refractivity contribution is 5.90. The molecule has 1 nitrogen and oxygen atoms in total. The first-order chi connectivity index (χ1) is 28.5. The van der Waals surface area contributed by atoms with E-state index in [2.05, 4.69) is 213 Å². The molecule has 1 unspecified atom stereocenters. The van der Waals surface area contributed by atoms with E-state index < -0.39 is 0 Å². The second-order valence-electron chi connectivity index (χ2n) is 16.8. The van der Waals surface area contributed by atoms with E-state index in [-0.39, 0.29) is 5.41 Å². The lowest BCUT2D eigenvalue weighted by Crippen LogP contribution is -2.15. The zero-order chi connectivity index (χ0) is 38.8. The van der Waals surface area contributed by atoms with Gasteiger partial charge in [0.05, 0.1) is 11.2 Å². The molecule has 1 heterocycles. The summed E-state index contributed by atoms with van der Waals surface area (Å²) >= 11 is 0. The molecule has 0 aliphatic heterocycles. The molecular weight excluding hydrogens is 699 g/mol. The molecule has 3 aliphatic rings. The lowest BCUT2D eigenvalue weighted by Gasteiger charge is -2.32. The van der Waals surface area contributed by atoms with Gasteiger partial charge in [0.1, 0.15) is 0 Å². The summed E-state index contributed by atoms with van der Waals surface area (Å²) in [7, 11) is 0. The first-order valence-corrected chi connectivity index (χ1v) is 20.8. The van der Waals surface area contributed by atoms with Crippen LogP contribution in [0.5, 0.6) is 0 Å². The number of fused-ring (bicyclic) bond motifs is 4. The van der Waals surface area contributed by atoms with E-state index in [4.69, 9.17) is 0 Å². The maximum atomic E-state index is 2.48. The minimum Gasteiger partial charge on any atom is -0.309 e. The van der Waals surface area contributed by atoms with Crippen molar-refractivity contribution in [3.8, 4) is 50.3 Å². The Hall–Kier alpha value is -6.70. The average Bonchev–Trinajstić information content (AvgIpc) is 3.78. The van der Waals surface area contributed by atoms with Gasteiger partial charge >= 0.3 is 0 Å². The second-order valence-corrected chi connectivity index (χ2v) is 16.8. The zero-order valence-corrected chi connectivity index (χ0v) is 33.1. The fourth-order valence-corrected chi connectivity index (χ4v) is 10.1. The largest absolute Gasteiger partial charge is 0.309 e. The Bertz CT molecular complexity index is 2950. The summed E-state index contributed by atoms with van der Waals surface area (Å²) in [5.41, 5.74) is 22.4. The molecule has 0 saturated heterocycles. The van der Waals surface area contributed by atoms with Crippen LogP contribution < -0.4 is 0 Å². The van der Waals surface area contributed by atoms with Gasteiger partial charge in [0.15, 0.2) is 0 Å². The van der Waals surface area contributed by atoms with Crippen LogP contribution in [0, 0.1) is 0 Å². The van der Waals surface area contributed by atoms with Gasteiger partial charge in [-0.1, -0.05) is 177 Å². The van der Waals surface area contributed by atoms with E-state index in [1.165, 1.54) is 94.6 Å². The summed E-state index contributed by atoms with van der Waals surface area (Å²) in [4.78, 5) is 0. The fourth-order valence-electron chi connectivity index (χ4n) is 10.1. The van der Waals surface area contributed by atoms with E-state index in [0.29, 0.717) is 5.92 Å². The van der Waals surface area contributed by atoms with E-state index in [1.807, 2.05) is 0 Å². The summed E-state index contributed by atoms with van der Waals surface area (Å²) in [5.74, 6) is 0.315. The molecule has 0 radical (unpaired) electrons. The van der Waals surface area contributed by atoms with Crippen molar-refractivity contribution >= 4 is 16.5 Å². The number of rotatable bonds is 6. The molecule has 58 heavy (non-hydrogen) atoms. The summed E-state index contributed by atoms with van der Waals surface area (Å²) in [6.45, 7) is 4.78. The summed E-state index contributed by atoms with van der Waals surface area (Å²) in [6.07, 6.45) is 10.5. The maximum absolute atomic E-state index is 2.48. The third kappa shape index (κ3) is 5.68. The van der Waals surface area contributed by atoms with Crippen LogP contribution in [0.25, 0.3) is 66.8 Å². The topological polar surface area (TPSA) is 4.93 Å². The van der Waals surface area contributed by atoms with Gasteiger partial charge in [-0.25, -0.2) is 0 Å². The molecule has 8 aromatic rings. The highest BCUT2D eigenvalue weighted by Gasteiger charge is 2.36. The van der Waals surface area contributed by atoms with Crippen molar-refractivity contribution in [2.24, 2.45) is 0 Å². The second kappa shape index (κ2) is 13.7. The van der Waals surface area contributed by atoms with Crippen molar-refractivity contribution in [3.05, 3.63) is 228 Å². The summed E-state index contributed by atoms with van der Waals surface area (Å²) in [6, 6.07) is 65.5. The highest BCUT2D eigenvalue weighted by Crippen LogP contribution is 2.51. The Kier molecular flexibility index (Phi) is 8.19. The van der Waals surface area contributed by atoms with Crippen LogP contribution in [0.1, 0.15) is 61.3 Å². The van der Waals surface area contributed by atoms with Crippen molar-refractivity contribution in [3.63, 3.8) is 0 Å².